The maximum absolute atomic E-state index is 12.8. The molecular weight excluding hydrogens is 372 g/mol. The Labute approximate surface area is 178 Å². The van der Waals surface area contributed by atoms with E-state index in [1.54, 1.807) is 0 Å². The number of hydrogen-bond donors (Lipinski definition) is 1. The SMILES string of the molecule is CCc1ccc(NC(=O)C2CCCN(c3ncc(-c4ccc(C)cc4)cn3)C2)cc1. The predicted molar refractivity (Wildman–Crippen MR) is 122 cm³/mol. The van der Waals surface area contributed by atoms with Gasteiger partial charge in [-0.15, -0.1) is 0 Å². The fraction of sp³-hybridized carbons (Fsp3) is 0.320. The van der Waals surface area contributed by atoms with E-state index in [2.05, 4.69) is 70.4 Å². The second-order valence-electron chi connectivity index (χ2n) is 7.96. The maximum atomic E-state index is 12.8. The van der Waals surface area contributed by atoms with E-state index in [-0.39, 0.29) is 11.8 Å². The standard InChI is InChI=1S/C25H28N4O/c1-3-19-8-12-23(13-9-19)28-24(30)21-5-4-14-29(17-21)25-26-15-22(16-27-25)20-10-6-18(2)7-11-20/h6-13,15-16,21H,3-5,14,17H2,1-2H3,(H,28,30). The normalized spacial score (nSPS) is 16.3. The van der Waals surface area contributed by atoms with Crippen LogP contribution in [-0.4, -0.2) is 29.0 Å². The third-order valence-corrected chi connectivity index (χ3v) is 5.73. The minimum Gasteiger partial charge on any atom is -0.340 e. The lowest BCUT2D eigenvalue weighted by Gasteiger charge is -2.32. The number of nitrogens with zero attached hydrogens (tertiary/aromatic N) is 3. The summed E-state index contributed by atoms with van der Waals surface area (Å²) in [5.74, 6) is 0.695. The van der Waals surface area contributed by atoms with Gasteiger partial charge in [0.25, 0.3) is 0 Å². The molecule has 5 nitrogen and oxygen atoms in total. The molecule has 1 aliphatic rings. The van der Waals surface area contributed by atoms with Gasteiger partial charge in [0.1, 0.15) is 0 Å². The first-order valence-corrected chi connectivity index (χ1v) is 10.7. The Hall–Kier alpha value is -3.21. The van der Waals surface area contributed by atoms with Gasteiger partial charge in [0.15, 0.2) is 0 Å². The van der Waals surface area contributed by atoms with Gasteiger partial charge in [0.2, 0.25) is 11.9 Å². The Morgan fingerprint density at radius 1 is 1.03 bits per heavy atom. The average Bonchev–Trinajstić information content (AvgIpc) is 2.80. The summed E-state index contributed by atoms with van der Waals surface area (Å²) < 4.78 is 0. The van der Waals surface area contributed by atoms with Gasteiger partial charge in [-0.3, -0.25) is 4.79 Å². The molecule has 2 aromatic carbocycles. The molecule has 0 aliphatic carbocycles. The van der Waals surface area contributed by atoms with Gasteiger partial charge in [-0.1, -0.05) is 48.9 Å². The van der Waals surface area contributed by atoms with Crippen LogP contribution in [0.1, 0.15) is 30.9 Å². The molecule has 0 spiro atoms. The second kappa shape index (κ2) is 9.08. The summed E-state index contributed by atoms with van der Waals surface area (Å²) in [6.45, 7) is 5.72. The van der Waals surface area contributed by atoms with E-state index in [4.69, 9.17) is 0 Å². The van der Waals surface area contributed by atoms with Gasteiger partial charge in [-0.05, 0) is 49.4 Å². The Morgan fingerprint density at radius 3 is 2.40 bits per heavy atom. The number of nitrogens with one attached hydrogen (secondary N) is 1. The van der Waals surface area contributed by atoms with Crippen molar-refractivity contribution in [3.63, 3.8) is 0 Å². The van der Waals surface area contributed by atoms with Crippen LogP contribution in [0.15, 0.2) is 60.9 Å². The Kier molecular flexibility index (Phi) is 6.07. The molecule has 0 radical (unpaired) electrons. The number of benzene rings is 2. The van der Waals surface area contributed by atoms with Crippen molar-refractivity contribution >= 4 is 17.5 Å². The topological polar surface area (TPSA) is 58.1 Å². The Balaban J connectivity index is 1.40. The Morgan fingerprint density at radius 2 is 1.73 bits per heavy atom. The molecule has 4 rings (SSSR count). The van der Waals surface area contributed by atoms with Gasteiger partial charge in [-0.25, -0.2) is 9.97 Å². The molecule has 1 amide bonds. The van der Waals surface area contributed by atoms with E-state index in [1.807, 2.05) is 24.5 Å². The second-order valence-corrected chi connectivity index (χ2v) is 7.96. The number of hydrogen-bond acceptors (Lipinski definition) is 4. The highest BCUT2D eigenvalue weighted by atomic mass is 16.1. The zero-order chi connectivity index (χ0) is 20.9. The van der Waals surface area contributed by atoms with E-state index in [0.717, 1.165) is 42.6 Å². The molecule has 30 heavy (non-hydrogen) atoms. The molecule has 1 aliphatic heterocycles. The predicted octanol–water partition coefficient (Wildman–Crippen LogP) is 4.87. The number of piperidine rings is 1. The smallest absolute Gasteiger partial charge is 0.229 e. The van der Waals surface area contributed by atoms with Gasteiger partial charge in [-0.2, -0.15) is 0 Å². The molecule has 1 atom stereocenters. The average molecular weight is 401 g/mol. The summed E-state index contributed by atoms with van der Waals surface area (Å²) >= 11 is 0. The molecule has 1 saturated heterocycles. The van der Waals surface area contributed by atoms with Gasteiger partial charge in [0, 0.05) is 36.7 Å². The molecule has 2 heterocycles. The Bertz CT molecular complexity index is 981. The number of carbonyl (C=O) groups excluding carboxylic acids is 1. The number of anilines is 2. The number of rotatable bonds is 5. The van der Waals surface area contributed by atoms with Crippen molar-refractivity contribution in [2.45, 2.75) is 33.1 Å². The molecule has 1 N–H and O–H groups in total. The lowest BCUT2D eigenvalue weighted by molar-refractivity contribution is -0.120. The van der Waals surface area contributed by atoms with Crippen molar-refractivity contribution in [1.82, 2.24) is 9.97 Å². The van der Waals surface area contributed by atoms with E-state index in [0.29, 0.717) is 12.5 Å². The summed E-state index contributed by atoms with van der Waals surface area (Å²) in [5, 5.41) is 3.06. The third-order valence-electron chi connectivity index (χ3n) is 5.73. The minimum absolute atomic E-state index is 0.0648. The van der Waals surface area contributed by atoms with Crippen molar-refractivity contribution in [2.75, 3.05) is 23.3 Å². The van der Waals surface area contributed by atoms with Gasteiger partial charge >= 0.3 is 0 Å². The van der Waals surface area contributed by atoms with Crippen LogP contribution in [0.5, 0.6) is 0 Å². The molecule has 0 saturated carbocycles. The lowest BCUT2D eigenvalue weighted by atomic mass is 9.97. The molecule has 0 bridgehead atoms. The van der Waals surface area contributed by atoms with Crippen molar-refractivity contribution in [1.29, 1.82) is 0 Å². The van der Waals surface area contributed by atoms with Crippen LogP contribution in [0, 0.1) is 12.8 Å². The maximum Gasteiger partial charge on any atom is 0.229 e. The zero-order valence-electron chi connectivity index (χ0n) is 17.6. The highest BCUT2D eigenvalue weighted by Crippen LogP contribution is 2.24. The summed E-state index contributed by atoms with van der Waals surface area (Å²) in [6.07, 6.45) is 6.57. The first-order chi connectivity index (χ1) is 14.6. The molecule has 1 aromatic heterocycles. The van der Waals surface area contributed by atoms with Crippen molar-refractivity contribution in [3.05, 3.63) is 72.1 Å². The summed E-state index contributed by atoms with van der Waals surface area (Å²) in [6, 6.07) is 16.4. The summed E-state index contributed by atoms with van der Waals surface area (Å²) in [5.41, 5.74) is 5.46. The molecule has 3 aromatic rings. The number of carbonyl (C=O) groups is 1. The van der Waals surface area contributed by atoms with Crippen LogP contribution in [0.4, 0.5) is 11.6 Å². The lowest BCUT2D eigenvalue weighted by Crippen LogP contribution is -2.41. The first kappa shape index (κ1) is 20.1. The van der Waals surface area contributed by atoms with E-state index >= 15 is 0 Å². The van der Waals surface area contributed by atoms with Gasteiger partial charge < -0.3 is 10.2 Å². The van der Waals surface area contributed by atoms with Crippen molar-refractivity contribution in [2.24, 2.45) is 5.92 Å². The third kappa shape index (κ3) is 4.67. The fourth-order valence-electron chi connectivity index (χ4n) is 3.82. The van der Waals surface area contributed by atoms with Crippen molar-refractivity contribution in [3.8, 4) is 11.1 Å². The van der Waals surface area contributed by atoms with Crippen molar-refractivity contribution < 1.29 is 4.79 Å². The molecule has 5 heteroatoms. The molecule has 1 fully saturated rings. The molecule has 154 valence electrons. The number of amides is 1. The highest BCUT2D eigenvalue weighted by Gasteiger charge is 2.27. The van der Waals surface area contributed by atoms with Crippen LogP contribution in [-0.2, 0) is 11.2 Å². The summed E-state index contributed by atoms with van der Waals surface area (Å²) in [4.78, 5) is 24.1. The molecule has 1 unspecified atom stereocenters. The van der Waals surface area contributed by atoms with E-state index in [1.165, 1.54) is 11.1 Å². The minimum atomic E-state index is -0.0648. The van der Waals surface area contributed by atoms with E-state index in [9.17, 15) is 4.79 Å². The molecular formula is C25H28N4O. The van der Waals surface area contributed by atoms with Crippen LogP contribution in [0.3, 0.4) is 0 Å². The van der Waals surface area contributed by atoms with E-state index < -0.39 is 0 Å². The number of aryl methyl sites for hydroxylation is 2. The monoisotopic (exact) mass is 400 g/mol. The first-order valence-electron chi connectivity index (χ1n) is 10.7. The highest BCUT2D eigenvalue weighted by molar-refractivity contribution is 5.93. The summed E-state index contributed by atoms with van der Waals surface area (Å²) in [7, 11) is 0. The van der Waals surface area contributed by atoms with Crippen LogP contribution in [0.25, 0.3) is 11.1 Å². The quantitative estimate of drug-likeness (QED) is 0.664. The fourth-order valence-corrected chi connectivity index (χ4v) is 3.82. The largest absolute Gasteiger partial charge is 0.340 e. The van der Waals surface area contributed by atoms with Crippen LogP contribution in [0.2, 0.25) is 0 Å². The zero-order valence-corrected chi connectivity index (χ0v) is 17.6. The number of aromatic nitrogens is 2. The van der Waals surface area contributed by atoms with Crippen LogP contribution >= 0.6 is 0 Å². The van der Waals surface area contributed by atoms with Crippen LogP contribution < -0.4 is 10.2 Å². The van der Waals surface area contributed by atoms with Gasteiger partial charge in [0.05, 0.1) is 5.92 Å².